The molecule has 0 spiro atoms. The normalized spacial score (nSPS) is 11.1. The lowest BCUT2D eigenvalue weighted by Gasteiger charge is -2.20. The summed E-state index contributed by atoms with van der Waals surface area (Å²) in [4.78, 5) is 21.0. The Labute approximate surface area is 196 Å². The van der Waals surface area contributed by atoms with Crippen molar-refractivity contribution in [2.75, 3.05) is 24.3 Å². The zero-order chi connectivity index (χ0) is 22.5. The lowest BCUT2D eigenvalue weighted by Crippen LogP contribution is -2.34. The van der Waals surface area contributed by atoms with E-state index in [9.17, 15) is 4.79 Å². The fraction of sp³-hybridized carbons (Fsp3) is 0.292. The van der Waals surface area contributed by atoms with E-state index in [1.54, 1.807) is 36.4 Å². The minimum Gasteiger partial charge on any atom is -0.497 e. The molecule has 2 heterocycles. The third kappa shape index (κ3) is 5.31. The summed E-state index contributed by atoms with van der Waals surface area (Å²) in [7, 11) is 1.66. The van der Waals surface area contributed by atoms with Crippen LogP contribution in [0.1, 0.15) is 17.5 Å². The van der Waals surface area contributed by atoms with Crippen molar-refractivity contribution in [3.63, 3.8) is 0 Å². The van der Waals surface area contributed by atoms with Gasteiger partial charge in [-0.3, -0.25) is 14.4 Å². The Hall–Kier alpha value is -2.84. The fourth-order valence-electron chi connectivity index (χ4n) is 3.50. The average molecular weight is 467 g/mol. The maximum atomic E-state index is 13.3. The molecule has 0 radical (unpaired) electrons. The Balaban J connectivity index is 1.49. The monoisotopic (exact) mass is 466 g/mol. The summed E-state index contributed by atoms with van der Waals surface area (Å²) in [6.07, 6.45) is 4.10. The number of carbonyl (C=O) groups is 1. The standard InChI is InChI=1S/C24H26N4O2S2/c1-17-15-18(2)23-21(16-17)32-24(26-23)28(13-12-27-11-4-10-25-27)22(29)9-14-31-20-7-5-19(30-3)6-8-20/h4-8,10-11,15-16H,9,12-14H2,1-3H3. The number of hydrogen-bond donors (Lipinski definition) is 0. The number of methoxy groups -OCH3 is 1. The predicted molar refractivity (Wildman–Crippen MR) is 132 cm³/mol. The number of nitrogens with zero attached hydrogens (tertiary/aromatic N) is 4. The number of ether oxygens (including phenoxy) is 1. The summed E-state index contributed by atoms with van der Waals surface area (Å²) >= 11 is 3.24. The summed E-state index contributed by atoms with van der Waals surface area (Å²) in [5, 5.41) is 5.02. The van der Waals surface area contributed by atoms with Gasteiger partial charge in [0.1, 0.15) is 5.75 Å². The van der Waals surface area contributed by atoms with E-state index in [4.69, 9.17) is 9.72 Å². The van der Waals surface area contributed by atoms with Gasteiger partial charge in [-0.15, -0.1) is 11.8 Å². The zero-order valence-electron chi connectivity index (χ0n) is 18.4. The molecule has 0 aliphatic heterocycles. The van der Waals surface area contributed by atoms with Crippen LogP contribution in [0.25, 0.3) is 10.2 Å². The molecule has 0 fully saturated rings. The second-order valence-corrected chi connectivity index (χ2v) is 9.69. The van der Waals surface area contributed by atoms with E-state index >= 15 is 0 Å². The van der Waals surface area contributed by atoms with Crippen LogP contribution in [-0.4, -0.2) is 40.1 Å². The van der Waals surface area contributed by atoms with Crippen LogP contribution in [0.5, 0.6) is 5.75 Å². The van der Waals surface area contributed by atoms with Crippen LogP contribution < -0.4 is 9.64 Å². The molecule has 0 saturated carbocycles. The summed E-state index contributed by atoms with van der Waals surface area (Å²) < 4.78 is 8.16. The van der Waals surface area contributed by atoms with Crippen LogP contribution in [0.2, 0.25) is 0 Å². The highest BCUT2D eigenvalue weighted by atomic mass is 32.2. The summed E-state index contributed by atoms with van der Waals surface area (Å²) in [6, 6.07) is 14.1. The minimum atomic E-state index is 0.0756. The van der Waals surface area contributed by atoms with Gasteiger partial charge in [0.2, 0.25) is 5.91 Å². The molecule has 1 amide bonds. The summed E-state index contributed by atoms with van der Waals surface area (Å²) in [5.74, 6) is 1.61. The topological polar surface area (TPSA) is 60.2 Å². The number of aryl methyl sites for hydroxylation is 2. The molecule has 8 heteroatoms. The first-order valence-electron chi connectivity index (χ1n) is 10.5. The van der Waals surface area contributed by atoms with Gasteiger partial charge in [0.05, 0.1) is 23.9 Å². The van der Waals surface area contributed by atoms with Gasteiger partial charge in [0.25, 0.3) is 0 Å². The molecule has 0 unspecified atom stereocenters. The molecule has 4 rings (SSSR count). The first-order valence-corrected chi connectivity index (χ1v) is 12.3. The fourth-order valence-corrected chi connectivity index (χ4v) is 5.53. The second-order valence-electron chi connectivity index (χ2n) is 7.51. The van der Waals surface area contributed by atoms with Gasteiger partial charge in [0, 0.05) is 36.0 Å². The second kappa shape index (κ2) is 10.2. The average Bonchev–Trinajstić information content (AvgIpc) is 3.44. The van der Waals surface area contributed by atoms with E-state index in [1.807, 2.05) is 46.1 Å². The number of hydrogen-bond acceptors (Lipinski definition) is 6. The van der Waals surface area contributed by atoms with Crippen molar-refractivity contribution in [2.45, 2.75) is 31.7 Å². The molecular weight excluding hydrogens is 440 g/mol. The van der Waals surface area contributed by atoms with Crippen molar-refractivity contribution < 1.29 is 9.53 Å². The van der Waals surface area contributed by atoms with Crippen molar-refractivity contribution >= 4 is 44.4 Å². The van der Waals surface area contributed by atoms with E-state index in [-0.39, 0.29) is 5.91 Å². The van der Waals surface area contributed by atoms with Crippen LogP contribution in [0, 0.1) is 13.8 Å². The highest BCUT2D eigenvalue weighted by Crippen LogP contribution is 2.32. The van der Waals surface area contributed by atoms with Gasteiger partial charge >= 0.3 is 0 Å². The van der Waals surface area contributed by atoms with Crippen molar-refractivity contribution in [2.24, 2.45) is 0 Å². The number of carbonyl (C=O) groups excluding carboxylic acids is 1. The van der Waals surface area contributed by atoms with E-state index in [0.29, 0.717) is 25.3 Å². The molecule has 0 aliphatic carbocycles. The first kappa shape index (κ1) is 22.4. The Kier molecular flexibility index (Phi) is 7.12. The molecule has 0 N–H and O–H groups in total. The van der Waals surface area contributed by atoms with E-state index in [1.165, 1.54) is 5.56 Å². The highest BCUT2D eigenvalue weighted by molar-refractivity contribution is 7.99. The number of thiazole rings is 1. The van der Waals surface area contributed by atoms with Gasteiger partial charge in [-0.05, 0) is 61.4 Å². The van der Waals surface area contributed by atoms with Gasteiger partial charge in [-0.2, -0.15) is 5.10 Å². The third-order valence-corrected chi connectivity index (χ3v) is 7.15. The lowest BCUT2D eigenvalue weighted by molar-refractivity contribution is -0.118. The van der Waals surface area contributed by atoms with Crippen LogP contribution >= 0.6 is 23.1 Å². The van der Waals surface area contributed by atoms with Crippen LogP contribution in [0.3, 0.4) is 0 Å². The number of aromatic nitrogens is 3. The third-order valence-electron chi connectivity index (χ3n) is 5.11. The van der Waals surface area contributed by atoms with Crippen molar-refractivity contribution in [3.8, 4) is 5.75 Å². The Bertz CT molecular complexity index is 1190. The van der Waals surface area contributed by atoms with Gasteiger partial charge < -0.3 is 4.74 Å². The van der Waals surface area contributed by atoms with Gasteiger partial charge in [-0.1, -0.05) is 17.4 Å². The van der Waals surface area contributed by atoms with E-state index in [2.05, 4.69) is 31.1 Å². The summed E-state index contributed by atoms with van der Waals surface area (Å²) in [5.41, 5.74) is 3.31. The smallest absolute Gasteiger partial charge is 0.229 e. The molecule has 0 bridgehead atoms. The Morgan fingerprint density at radius 2 is 2.03 bits per heavy atom. The van der Waals surface area contributed by atoms with E-state index < -0.39 is 0 Å². The molecule has 2 aromatic heterocycles. The maximum absolute atomic E-state index is 13.3. The van der Waals surface area contributed by atoms with Crippen LogP contribution in [0.4, 0.5) is 5.13 Å². The van der Waals surface area contributed by atoms with Crippen molar-refractivity contribution in [1.82, 2.24) is 14.8 Å². The minimum absolute atomic E-state index is 0.0756. The summed E-state index contributed by atoms with van der Waals surface area (Å²) in [6.45, 7) is 5.31. The van der Waals surface area contributed by atoms with Crippen molar-refractivity contribution in [1.29, 1.82) is 0 Å². The largest absolute Gasteiger partial charge is 0.497 e. The molecular formula is C24H26N4O2S2. The Morgan fingerprint density at radius 1 is 1.22 bits per heavy atom. The van der Waals surface area contributed by atoms with E-state index in [0.717, 1.165) is 31.6 Å². The quantitative estimate of drug-likeness (QED) is 0.312. The first-order chi connectivity index (χ1) is 15.5. The number of benzene rings is 2. The number of anilines is 1. The molecule has 32 heavy (non-hydrogen) atoms. The molecule has 166 valence electrons. The molecule has 0 aliphatic rings. The molecule has 0 atom stereocenters. The molecule has 2 aromatic carbocycles. The number of rotatable bonds is 9. The van der Waals surface area contributed by atoms with Gasteiger partial charge in [-0.25, -0.2) is 4.98 Å². The van der Waals surface area contributed by atoms with Crippen LogP contribution in [0.15, 0.2) is 59.8 Å². The van der Waals surface area contributed by atoms with Crippen LogP contribution in [-0.2, 0) is 11.3 Å². The molecule has 6 nitrogen and oxygen atoms in total. The van der Waals surface area contributed by atoms with Gasteiger partial charge in [0.15, 0.2) is 5.13 Å². The lowest BCUT2D eigenvalue weighted by atomic mass is 10.1. The Morgan fingerprint density at radius 3 is 2.75 bits per heavy atom. The maximum Gasteiger partial charge on any atom is 0.229 e. The zero-order valence-corrected chi connectivity index (χ0v) is 20.1. The number of thioether (sulfide) groups is 1. The SMILES string of the molecule is COc1ccc(SCCC(=O)N(CCn2cccn2)c2nc3c(C)cc(C)cc3s2)cc1. The highest BCUT2D eigenvalue weighted by Gasteiger charge is 2.20. The van der Waals surface area contributed by atoms with Crippen molar-refractivity contribution in [3.05, 3.63) is 66.0 Å². The number of fused-ring (bicyclic) bond motifs is 1. The predicted octanol–water partition coefficient (Wildman–Crippen LogP) is 5.33. The molecule has 4 aromatic rings. The number of amides is 1. The molecule has 0 saturated heterocycles.